The Morgan fingerprint density at radius 3 is 2.70 bits per heavy atom. The Kier molecular flexibility index (Phi) is 13.3. The molecule has 0 aromatic carbocycles. The number of hydrogen-bond acceptors (Lipinski definition) is 4. The zero-order chi connectivity index (χ0) is 18.6. The van der Waals surface area contributed by atoms with E-state index in [1.807, 2.05) is 0 Å². The maximum absolute atomic E-state index is 9.23. The molecule has 1 fully saturated rings. The Hall–Kier alpha value is -0.380. The van der Waals surface area contributed by atoms with Gasteiger partial charge in [0.25, 0.3) is 0 Å². The average molecular weight is 509 g/mol. The van der Waals surface area contributed by atoms with Gasteiger partial charge in [0.2, 0.25) is 0 Å². The SMILES string of the molecule is CCCC(CCO)CN=C(NCC)NC1CCN(Cc2ccsc2)CC1.I. The quantitative estimate of drug-likeness (QED) is 0.257. The highest BCUT2D eigenvalue weighted by atomic mass is 127. The maximum Gasteiger partial charge on any atom is 0.191 e. The van der Waals surface area contributed by atoms with Crippen LogP contribution in [0, 0.1) is 5.92 Å². The van der Waals surface area contributed by atoms with Gasteiger partial charge < -0.3 is 15.7 Å². The van der Waals surface area contributed by atoms with Gasteiger partial charge in [-0.3, -0.25) is 9.89 Å². The molecule has 1 unspecified atom stereocenters. The maximum atomic E-state index is 9.23. The van der Waals surface area contributed by atoms with E-state index in [4.69, 9.17) is 4.99 Å². The molecule has 1 saturated heterocycles. The lowest BCUT2D eigenvalue weighted by atomic mass is 10.0. The van der Waals surface area contributed by atoms with Crippen LogP contribution in [0.4, 0.5) is 0 Å². The summed E-state index contributed by atoms with van der Waals surface area (Å²) in [5.41, 5.74) is 1.43. The molecule has 1 atom stereocenters. The van der Waals surface area contributed by atoms with E-state index in [-0.39, 0.29) is 30.6 Å². The van der Waals surface area contributed by atoms with Crippen molar-refractivity contribution in [2.24, 2.45) is 10.9 Å². The lowest BCUT2D eigenvalue weighted by Gasteiger charge is -2.33. The predicted octanol–water partition coefficient (Wildman–Crippen LogP) is 3.68. The number of halogens is 1. The molecule has 2 heterocycles. The van der Waals surface area contributed by atoms with Gasteiger partial charge >= 0.3 is 0 Å². The first-order valence-electron chi connectivity index (χ1n) is 10.1. The van der Waals surface area contributed by atoms with Crippen LogP contribution < -0.4 is 10.6 Å². The fourth-order valence-corrected chi connectivity index (χ4v) is 4.19. The summed E-state index contributed by atoms with van der Waals surface area (Å²) in [5.74, 6) is 1.41. The molecule has 3 N–H and O–H groups in total. The molecule has 2 rings (SSSR count). The molecule has 7 heteroatoms. The second-order valence-corrected chi connectivity index (χ2v) is 7.99. The Balaban J connectivity index is 0.00000364. The molecule has 0 radical (unpaired) electrons. The molecular formula is C20H37IN4OS. The van der Waals surface area contributed by atoms with Gasteiger partial charge in [-0.25, -0.2) is 0 Å². The number of aliphatic imine (C=N–C) groups is 1. The van der Waals surface area contributed by atoms with Gasteiger partial charge in [-0.1, -0.05) is 13.3 Å². The Bertz CT molecular complexity index is 498. The summed E-state index contributed by atoms with van der Waals surface area (Å²) in [4.78, 5) is 7.34. The smallest absolute Gasteiger partial charge is 0.191 e. The lowest BCUT2D eigenvalue weighted by molar-refractivity contribution is 0.198. The molecule has 0 saturated carbocycles. The fraction of sp³-hybridized carbons (Fsp3) is 0.750. The molecule has 1 aliphatic rings. The molecule has 1 aromatic rings. The van der Waals surface area contributed by atoms with Crippen molar-refractivity contribution in [2.75, 3.05) is 32.8 Å². The average Bonchev–Trinajstić information content (AvgIpc) is 3.15. The zero-order valence-electron chi connectivity index (χ0n) is 16.8. The number of piperidine rings is 1. The van der Waals surface area contributed by atoms with Gasteiger partial charge in [0, 0.05) is 45.4 Å². The van der Waals surface area contributed by atoms with Crippen LogP contribution in [0.1, 0.15) is 51.5 Å². The minimum Gasteiger partial charge on any atom is -0.396 e. The molecular weight excluding hydrogens is 471 g/mol. The second kappa shape index (κ2) is 14.6. The second-order valence-electron chi connectivity index (χ2n) is 7.21. The van der Waals surface area contributed by atoms with E-state index >= 15 is 0 Å². The third-order valence-electron chi connectivity index (χ3n) is 5.00. The standard InChI is InChI=1S/C20H36N4OS.HI/c1-3-5-17(8-12-25)14-22-20(21-4-2)23-19-6-10-24(11-7-19)15-18-9-13-26-16-18;/h9,13,16-17,19,25H,3-8,10-12,14-15H2,1-2H3,(H2,21,22,23);1H. The van der Waals surface area contributed by atoms with Crippen LogP contribution in [0.3, 0.4) is 0 Å². The molecule has 27 heavy (non-hydrogen) atoms. The van der Waals surface area contributed by atoms with E-state index in [1.165, 1.54) is 5.56 Å². The van der Waals surface area contributed by atoms with Gasteiger partial charge in [0.05, 0.1) is 0 Å². The van der Waals surface area contributed by atoms with Gasteiger partial charge in [-0.15, -0.1) is 24.0 Å². The van der Waals surface area contributed by atoms with Crippen molar-refractivity contribution in [3.8, 4) is 0 Å². The highest BCUT2D eigenvalue weighted by Gasteiger charge is 2.20. The van der Waals surface area contributed by atoms with Crippen molar-refractivity contribution in [1.82, 2.24) is 15.5 Å². The largest absolute Gasteiger partial charge is 0.396 e. The lowest BCUT2D eigenvalue weighted by Crippen LogP contribution is -2.48. The molecule has 1 aliphatic heterocycles. The topological polar surface area (TPSA) is 59.9 Å². The highest BCUT2D eigenvalue weighted by molar-refractivity contribution is 14.0. The van der Waals surface area contributed by atoms with Crippen molar-refractivity contribution in [1.29, 1.82) is 0 Å². The Labute approximate surface area is 186 Å². The number of rotatable bonds is 10. The van der Waals surface area contributed by atoms with Crippen LogP contribution in [0.25, 0.3) is 0 Å². The first-order chi connectivity index (χ1) is 12.7. The van der Waals surface area contributed by atoms with Crippen molar-refractivity contribution in [3.63, 3.8) is 0 Å². The van der Waals surface area contributed by atoms with Crippen LogP contribution in [0.15, 0.2) is 21.8 Å². The number of likely N-dealkylation sites (tertiary alicyclic amines) is 1. The van der Waals surface area contributed by atoms with Crippen LogP contribution in [-0.4, -0.2) is 54.8 Å². The summed E-state index contributed by atoms with van der Waals surface area (Å²) in [5, 5.41) is 20.6. The zero-order valence-corrected chi connectivity index (χ0v) is 20.0. The minimum atomic E-state index is 0. The van der Waals surface area contributed by atoms with E-state index in [2.05, 4.69) is 46.2 Å². The normalized spacial score (nSPS) is 17.4. The van der Waals surface area contributed by atoms with E-state index in [0.29, 0.717) is 12.0 Å². The summed E-state index contributed by atoms with van der Waals surface area (Å²) in [6, 6.07) is 2.72. The Morgan fingerprint density at radius 1 is 1.33 bits per heavy atom. The monoisotopic (exact) mass is 508 g/mol. The molecule has 0 spiro atoms. The predicted molar refractivity (Wildman–Crippen MR) is 127 cm³/mol. The molecule has 1 aromatic heterocycles. The molecule has 0 bridgehead atoms. The molecule has 156 valence electrons. The fourth-order valence-electron chi connectivity index (χ4n) is 3.53. The molecule has 0 amide bonds. The van der Waals surface area contributed by atoms with Gasteiger partial charge in [-0.05, 0) is 60.9 Å². The number of hydrogen-bond donors (Lipinski definition) is 3. The molecule has 5 nitrogen and oxygen atoms in total. The first-order valence-corrected chi connectivity index (χ1v) is 11.1. The number of aliphatic hydroxyl groups is 1. The van der Waals surface area contributed by atoms with Crippen LogP contribution >= 0.6 is 35.3 Å². The van der Waals surface area contributed by atoms with Crippen molar-refractivity contribution in [3.05, 3.63) is 22.4 Å². The Morgan fingerprint density at radius 2 is 2.11 bits per heavy atom. The number of nitrogens with zero attached hydrogens (tertiary/aromatic N) is 2. The summed E-state index contributed by atoms with van der Waals surface area (Å²) in [6.45, 7) is 9.57. The summed E-state index contributed by atoms with van der Waals surface area (Å²) in [6.07, 6.45) is 5.43. The number of aliphatic hydroxyl groups excluding tert-OH is 1. The summed E-state index contributed by atoms with van der Waals surface area (Å²) < 4.78 is 0. The first kappa shape index (κ1) is 24.7. The van der Waals surface area contributed by atoms with Crippen LogP contribution in [-0.2, 0) is 6.54 Å². The van der Waals surface area contributed by atoms with Crippen molar-refractivity contribution >= 4 is 41.3 Å². The molecule has 0 aliphatic carbocycles. The van der Waals surface area contributed by atoms with E-state index in [9.17, 15) is 5.11 Å². The number of guanidine groups is 1. The minimum absolute atomic E-state index is 0. The van der Waals surface area contributed by atoms with E-state index in [1.54, 1.807) is 11.3 Å². The van der Waals surface area contributed by atoms with Crippen molar-refractivity contribution < 1.29 is 5.11 Å². The number of thiophene rings is 1. The number of nitrogens with one attached hydrogen (secondary N) is 2. The third-order valence-corrected chi connectivity index (χ3v) is 5.73. The highest BCUT2D eigenvalue weighted by Crippen LogP contribution is 2.16. The van der Waals surface area contributed by atoms with Crippen molar-refractivity contribution in [2.45, 2.75) is 58.5 Å². The van der Waals surface area contributed by atoms with Crippen LogP contribution in [0.2, 0.25) is 0 Å². The van der Waals surface area contributed by atoms with Gasteiger partial charge in [-0.2, -0.15) is 11.3 Å². The summed E-state index contributed by atoms with van der Waals surface area (Å²) in [7, 11) is 0. The van der Waals surface area contributed by atoms with Crippen LogP contribution in [0.5, 0.6) is 0 Å². The van der Waals surface area contributed by atoms with Gasteiger partial charge in [0.1, 0.15) is 0 Å². The van der Waals surface area contributed by atoms with E-state index in [0.717, 1.165) is 70.8 Å². The third kappa shape index (κ3) is 9.58. The van der Waals surface area contributed by atoms with Gasteiger partial charge in [0.15, 0.2) is 5.96 Å². The van der Waals surface area contributed by atoms with E-state index < -0.39 is 0 Å². The summed E-state index contributed by atoms with van der Waals surface area (Å²) >= 11 is 1.78.